The third kappa shape index (κ3) is 3.21. The van der Waals surface area contributed by atoms with Crippen molar-refractivity contribution in [3.8, 4) is 17.2 Å². The summed E-state index contributed by atoms with van der Waals surface area (Å²) in [5, 5.41) is 5.57. The molecule has 2 amide bonds. The smallest absolute Gasteiger partial charge is 0.255 e. The molecule has 0 atom stereocenters. The Hall–Kier alpha value is -3.22. The lowest BCUT2D eigenvalue weighted by molar-refractivity contribution is -0.115. The molecular weight excluding hydrogens is 324 g/mol. The molecule has 2 aromatic carbocycles. The first-order chi connectivity index (χ1) is 12.0. The minimum absolute atomic E-state index is 0.0527. The van der Waals surface area contributed by atoms with E-state index in [0.29, 0.717) is 34.9 Å². The second kappa shape index (κ2) is 6.72. The van der Waals surface area contributed by atoms with Crippen LogP contribution in [0.25, 0.3) is 0 Å². The summed E-state index contributed by atoms with van der Waals surface area (Å²) in [6, 6.07) is 8.44. The van der Waals surface area contributed by atoms with Crippen LogP contribution in [0.4, 0.5) is 11.4 Å². The Kier molecular flexibility index (Phi) is 4.47. The van der Waals surface area contributed by atoms with Gasteiger partial charge in [0.25, 0.3) is 5.91 Å². The molecule has 25 heavy (non-hydrogen) atoms. The van der Waals surface area contributed by atoms with Gasteiger partial charge < -0.3 is 24.8 Å². The zero-order valence-electron chi connectivity index (χ0n) is 14.1. The fourth-order valence-electron chi connectivity index (χ4n) is 2.72. The third-order valence-electron chi connectivity index (χ3n) is 3.92. The summed E-state index contributed by atoms with van der Waals surface area (Å²) >= 11 is 0. The van der Waals surface area contributed by atoms with Crippen LogP contribution in [-0.4, -0.2) is 33.1 Å². The minimum atomic E-state index is -0.323. The molecule has 1 aliphatic rings. The lowest BCUT2D eigenvalue weighted by Crippen LogP contribution is -2.12. The molecule has 0 bridgehead atoms. The zero-order chi connectivity index (χ0) is 18.0. The van der Waals surface area contributed by atoms with Gasteiger partial charge in [0.15, 0.2) is 11.5 Å². The van der Waals surface area contributed by atoms with Gasteiger partial charge in [-0.15, -0.1) is 0 Å². The molecule has 0 spiro atoms. The Morgan fingerprint density at radius 2 is 1.72 bits per heavy atom. The maximum absolute atomic E-state index is 12.6. The molecule has 3 rings (SSSR count). The summed E-state index contributed by atoms with van der Waals surface area (Å²) in [4.78, 5) is 24.0. The molecule has 2 aromatic rings. The largest absolute Gasteiger partial charge is 0.493 e. The highest BCUT2D eigenvalue weighted by atomic mass is 16.5. The van der Waals surface area contributed by atoms with Crippen LogP contribution in [0, 0.1) is 0 Å². The molecule has 1 aliphatic heterocycles. The highest BCUT2D eigenvalue weighted by Crippen LogP contribution is 2.38. The number of hydrogen-bond acceptors (Lipinski definition) is 5. The maximum atomic E-state index is 12.6. The van der Waals surface area contributed by atoms with Gasteiger partial charge in [-0.1, -0.05) is 0 Å². The van der Waals surface area contributed by atoms with Gasteiger partial charge in [-0.2, -0.15) is 0 Å². The predicted octanol–water partition coefficient (Wildman–Crippen LogP) is 2.46. The highest BCUT2D eigenvalue weighted by Gasteiger charge is 2.20. The molecule has 0 aliphatic carbocycles. The Morgan fingerprint density at radius 3 is 2.32 bits per heavy atom. The van der Waals surface area contributed by atoms with Gasteiger partial charge in [-0.05, 0) is 35.9 Å². The minimum Gasteiger partial charge on any atom is -0.493 e. The van der Waals surface area contributed by atoms with Crippen LogP contribution in [0.5, 0.6) is 17.2 Å². The van der Waals surface area contributed by atoms with Crippen molar-refractivity contribution >= 4 is 23.2 Å². The van der Waals surface area contributed by atoms with Gasteiger partial charge in [0.05, 0.1) is 27.8 Å². The van der Waals surface area contributed by atoms with Crippen molar-refractivity contribution in [3.05, 3.63) is 41.5 Å². The van der Waals surface area contributed by atoms with E-state index < -0.39 is 0 Å². The standard InChI is InChI=1S/C18H18N2O5/c1-23-14-7-11(8-15(24-2)17(14)25-3)18(22)19-12-4-5-13-10(6-12)9-16(21)20-13/h4-8H,9H2,1-3H3,(H,19,22)(H,20,21). The molecule has 130 valence electrons. The average Bonchev–Trinajstić information content (AvgIpc) is 2.99. The summed E-state index contributed by atoms with van der Waals surface area (Å²) in [5.74, 6) is 0.842. The van der Waals surface area contributed by atoms with E-state index in [-0.39, 0.29) is 11.8 Å². The molecular formula is C18H18N2O5. The lowest BCUT2D eigenvalue weighted by atomic mass is 10.1. The monoisotopic (exact) mass is 342 g/mol. The molecule has 0 radical (unpaired) electrons. The number of benzene rings is 2. The first-order valence-corrected chi connectivity index (χ1v) is 7.60. The summed E-state index contributed by atoms with van der Waals surface area (Å²) in [5.41, 5.74) is 2.60. The first-order valence-electron chi connectivity index (χ1n) is 7.60. The maximum Gasteiger partial charge on any atom is 0.255 e. The van der Waals surface area contributed by atoms with E-state index in [1.165, 1.54) is 21.3 Å². The van der Waals surface area contributed by atoms with E-state index in [1.807, 2.05) is 0 Å². The molecule has 7 heteroatoms. The van der Waals surface area contributed by atoms with Crippen molar-refractivity contribution in [2.45, 2.75) is 6.42 Å². The summed E-state index contributed by atoms with van der Waals surface area (Å²) in [6.45, 7) is 0. The van der Waals surface area contributed by atoms with Crippen LogP contribution < -0.4 is 24.8 Å². The molecule has 0 aromatic heterocycles. The van der Waals surface area contributed by atoms with E-state index in [4.69, 9.17) is 14.2 Å². The second-order valence-electron chi connectivity index (χ2n) is 5.47. The number of hydrogen-bond donors (Lipinski definition) is 2. The fraction of sp³-hybridized carbons (Fsp3) is 0.222. The number of nitrogens with one attached hydrogen (secondary N) is 2. The van der Waals surface area contributed by atoms with E-state index >= 15 is 0 Å². The Balaban J connectivity index is 1.86. The zero-order valence-corrected chi connectivity index (χ0v) is 14.1. The Morgan fingerprint density at radius 1 is 1.04 bits per heavy atom. The molecule has 0 saturated heterocycles. The quantitative estimate of drug-likeness (QED) is 0.872. The number of rotatable bonds is 5. The number of amides is 2. The summed E-state index contributed by atoms with van der Waals surface area (Å²) < 4.78 is 15.8. The first kappa shape index (κ1) is 16.6. The van der Waals surface area contributed by atoms with Gasteiger partial charge in [0, 0.05) is 16.9 Å². The van der Waals surface area contributed by atoms with Crippen molar-refractivity contribution < 1.29 is 23.8 Å². The number of anilines is 2. The van der Waals surface area contributed by atoms with Gasteiger partial charge in [-0.25, -0.2) is 0 Å². The van der Waals surface area contributed by atoms with Crippen LogP contribution in [0.3, 0.4) is 0 Å². The van der Waals surface area contributed by atoms with Gasteiger partial charge in [0.2, 0.25) is 11.7 Å². The fourth-order valence-corrected chi connectivity index (χ4v) is 2.72. The molecule has 1 heterocycles. The molecule has 7 nitrogen and oxygen atoms in total. The van der Waals surface area contributed by atoms with Crippen LogP contribution in [0.15, 0.2) is 30.3 Å². The number of carbonyl (C=O) groups excluding carboxylic acids is 2. The highest BCUT2D eigenvalue weighted by molar-refractivity contribution is 6.06. The van der Waals surface area contributed by atoms with Gasteiger partial charge >= 0.3 is 0 Å². The van der Waals surface area contributed by atoms with E-state index in [0.717, 1.165) is 11.3 Å². The lowest BCUT2D eigenvalue weighted by Gasteiger charge is -2.14. The van der Waals surface area contributed by atoms with Crippen molar-refractivity contribution in [2.75, 3.05) is 32.0 Å². The number of fused-ring (bicyclic) bond motifs is 1. The van der Waals surface area contributed by atoms with Gasteiger partial charge in [0.1, 0.15) is 0 Å². The number of methoxy groups -OCH3 is 3. The van der Waals surface area contributed by atoms with Crippen LogP contribution in [0.2, 0.25) is 0 Å². The van der Waals surface area contributed by atoms with Crippen LogP contribution in [0.1, 0.15) is 15.9 Å². The van der Waals surface area contributed by atoms with E-state index in [2.05, 4.69) is 10.6 Å². The van der Waals surface area contributed by atoms with Gasteiger partial charge in [-0.3, -0.25) is 9.59 Å². The van der Waals surface area contributed by atoms with Crippen molar-refractivity contribution in [2.24, 2.45) is 0 Å². The SMILES string of the molecule is COc1cc(C(=O)Nc2ccc3c(c2)CC(=O)N3)cc(OC)c1OC. The molecule has 0 fully saturated rings. The molecule has 2 N–H and O–H groups in total. The number of carbonyl (C=O) groups is 2. The van der Waals surface area contributed by atoms with E-state index in [9.17, 15) is 9.59 Å². The second-order valence-corrected chi connectivity index (χ2v) is 5.47. The topological polar surface area (TPSA) is 85.9 Å². The molecule has 0 saturated carbocycles. The summed E-state index contributed by atoms with van der Waals surface area (Å²) in [6.07, 6.45) is 0.309. The van der Waals surface area contributed by atoms with Crippen molar-refractivity contribution in [1.29, 1.82) is 0 Å². The van der Waals surface area contributed by atoms with E-state index in [1.54, 1.807) is 30.3 Å². The van der Waals surface area contributed by atoms with Crippen LogP contribution in [-0.2, 0) is 11.2 Å². The predicted molar refractivity (Wildman–Crippen MR) is 92.8 cm³/mol. The van der Waals surface area contributed by atoms with Crippen LogP contribution >= 0.6 is 0 Å². The Labute approximate surface area is 144 Å². The average molecular weight is 342 g/mol. The normalized spacial score (nSPS) is 12.2. The Bertz CT molecular complexity index is 822. The van der Waals surface area contributed by atoms with Crippen molar-refractivity contribution in [3.63, 3.8) is 0 Å². The summed E-state index contributed by atoms with van der Waals surface area (Å²) in [7, 11) is 4.48. The molecule has 0 unspecified atom stereocenters. The third-order valence-corrected chi connectivity index (χ3v) is 3.92. The number of ether oxygens (including phenoxy) is 3. The van der Waals surface area contributed by atoms with Crippen molar-refractivity contribution in [1.82, 2.24) is 0 Å².